The molecule has 0 spiro atoms. The van der Waals surface area contributed by atoms with Crippen molar-refractivity contribution in [1.82, 2.24) is 25.4 Å². The number of aryl methyl sites for hydroxylation is 2. The molecule has 5 heterocycles. The number of carbonyl (C=O) groups is 2. The molecule has 5 atom stereocenters. The lowest BCUT2D eigenvalue weighted by Crippen LogP contribution is -2.52. The lowest BCUT2D eigenvalue weighted by atomic mass is 9.61. The van der Waals surface area contributed by atoms with E-state index in [9.17, 15) is 14.9 Å². The summed E-state index contributed by atoms with van der Waals surface area (Å²) in [6.07, 6.45) is 0.427. The highest BCUT2D eigenvalue weighted by Crippen LogP contribution is 2.57. The predicted molar refractivity (Wildman–Crippen MR) is 263 cm³/mol. The van der Waals surface area contributed by atoms with Crippen molar-refractivity contribution in [1.29, 1.82) is 5.26 Å². The van der Waals surface area contributed by atoms with E-state index < -0.39 is 47.0 Å². The molecule has 1 saturated heterocycles. The SMILES string of the molecule is Cc1sc2c(c1C)C(c1ccc(Cl)cc1)=N[C@@H](CC(=O)NCCOCCOCCOCCN1C(=O)[C@@H]3NC(CC(C)(C)C)[C@](C#N)(c4ccc(Cl)cc4F)C3c3c1ccc(Cl)c3F)c1nnc(C)n1-2. The molecule has 1 fully saturated rings. The molecule has 0 aliphatic carbocycles. The zero-order valence-electron chi connectivity index (χ0n) is 39.1. The molecule has 69 heavy (non-hydrogen) atoms. The quantitative estimate of drug-likeness (QED) is 0.0868. The number of nitriles is 1. The lowest BCUT2D eigenvalue weighted by Gasteiger charge is -2.41. The number of hydrogen-bond donors (Lipinski definition) is 2. The van der Waals surface area contributed by atoms with E-state index in [-0.39, 0.29) is 97.3 Å². The Morgan fingerprint density at radius 3 is 2.30 bits per heavy atom. The molecule has 2 N–H and O–H groups in total. The highest BCUT2D eigenvalue weighted by molar-refractivity contribution is 7.15. The fraction of sp³-hybridized carbons (Fsp3) is 0.440. The highest BCUT2D eigenvalue weighted by Gasteiger charge is 2.64. The van der Waals surface area contributed by atoms with E-state index >= 15 is 8.78 Å². The summed E-state index contributed by atoms with van der Waals surface area (Å²) in [5.74, 6) is -1.89. The minimum Gasteiger partial charge on any atom is -0.377 e. The Morgan fingerprint density at radius 1 is 0.942 bits per heavy atom. The summed E-state index contributed by atoms with van der Waals surface area (Å²) in [7, 11) is 0. The van der Waals surface area contributed by atoms with Crippen LogP contribution in [-0.4, -0.2) is 97.1 Å². The van der Waals surface area contributed by atoms with E-state index in [0.29, 0.717) is 23.1 Å². The second-order valence-electron chi connectivity index (χ2n) is 18.6. The minimum absolute atomic E-state index is 0.0301. The summed E-state index contributed by atoms with van der Waals surface area (Å²) in [4.78, 5) is 35.5. The average molecular weight is 1020 g/mol. The van der Waals surface area contributed by atoms with Gasteiger partial charge >= 0.3 is 0 Å². The van der Waals surface area contributed by atoms with Crippen molar-refractivity contribution in [2.75, 3.05) is 57.6 Å². The number of halogens is 5. The van der Waals surface area contributed by atoms with Crippen LogP contribution >= 0.6 is 46.1 Å². The molecule has 8 rings (SSSR count). The number of benzene rings is 3. The first-order valence-electron chi connectivity index (χ1n) is 22.7. The van der Waals surface area contributed by atoms with E-state index in [1.807, 2.05) is 56.5 Å². The maximum atomic E-state index is 16.4. The van der Waals surface area contributed by atoms with Gasteiger partial charge < -0.3 is 29.7 Å². The van der Waals surface area contributed by atoms with Crippen LogP contribution in [0.5, 0.6) is 0 Å². The molecule has 2 amide bonds. The summed E-state index contributed by atoms with van der Waals surface area (Å²) in [6.45, 7) is 13.7. The van der Waals surface area contributed by atoms with Crippen LogP contribution in [0.1, 0.15) is 89.9 Å². The highest BCUT2D eigenvalue weighted by atomic mass is 35.5. The maximum absolute atomic E-state index is 16.4. The molecular weight excluding hydrogens is 969 g/mol. The number of carbonyl (C=O) groups excluding carboxylic acids is 2. The summed E-state index contributed by atoms with van der Waals surface area (Å²) in [5.41, 5.74) is 2.05. The number of hydrogen-bond acceptors (Lipinski definition) is 11. The van der Waals surface area contributed by atoms with Crippen LogP contribution in [0.3, 0.4) is 0 Å². The third-order valence-corrected chi connectivity index (χ3v) is 14.9. The van der Waals surface area contributed by atoms with Gasteiger partial charge in [0, 0.05) is 62.2 Å². The topological polar surface area (TPSA) is 156 Å². The zero-order chi connectivity index (χ0) is 49.4. The number of anilines is 1. The smallest absolute Gasteiger partial charge is 0.244 e. The van der Waals surface area contributed by atoms with Gasteiger partial charge in [-0.2, -0.15) is 5.26 Å². The molecule has 5 aromatic rings. The van der Waals surface area contributed by atoms with Crippen molar-refractivity contribution in [3.8, 4) is 11.1 Å². The molecule has 0 saturated carbocycles. The normalized spacial score (nSPS) is 20.7. The molecule has 2 unspecified atom stereocenters. The van der Waals surface area contributed by atoms with Crippen molar-refractivity contribution in [2.45, 2.75) is 83.8 Å². The first-order chi connectivity index (χ1) is 32.9. The first kappa shape index (κ1) is 50.6. The summed E-state index contributed by atoms with van der Waals surface area (Å²) in [6, 6.07) is 14.5. The average Bonchev–Trinajstić information content (AvgIpc) is 3.91. The van der Waals surface area contributed by atoms with E-state index in [2.05, 4.69) is 40.7 Å². The number of nitrogens with one attached hydrogen (secondary N) is 2. The monoisotopic (exact) mass is 1020 g/mol. The van der Waals surface area contributed by atoms with Crippen LogP contribution in [0, 0.1) is 49.2 Å². The van der Waals surface area contributed by atoms with Crippen molar-refractivity contribution in [3.63, 3.8) is 0 Å². The maximum Gasteiger partial charge on any atom is 0.244 e. The molecule has 3 aromatic carbocycles. The number of aromatic nitrogens is 3. The molecule has 0 radical (unpaired) electrons. The van der Waals surface area contributed by atoms with Gasteiger partial charge in [0.05, 0.1) is 74.6 Å². The van der Waals surface area contributed by atoms with Crippen molar-refractivity contribution in [2.24, 2.45) is 10.4 Å². The minimum atomic E-state index is -1.69. The molecule has 0 bridgehead atoms. The van der Waals surface area contributed by atoms with Crippen molar-refractivity contribution < 1.29 is 32.6 Å². The van der Waals surface area contributed by atoms with E-state index in [0.717, 1.165) is 38.3 Å². The molecular formula is C50H53Cl3F2N8O5S. The number of thiophene rings is 1. The lowest BCUT2D eigenvalue weighted by molar-refractivity contribution is -0.122. The second-order valence-corrected chi connectivity index (χ2v) is 21.1. The Labute approximate surface area is 419 Å². The van der Waals surface area contributed by atoms with E-state index in [1.54, 1.807) is 17.4 Å². The molecule has 3 aliphatic heterocycles. The first-order valence-corrected chi connectivity index (χ1v) is 24.7. The standard InChI is InChI=1S/C50H53Cl3F2N8O5S/c1-27-28(2)69-48-40(27)44(30-7-9-31(51)10-8-30)58-36(46-61-60-29(3)63(46)48)24-39(64)57-15-17-66-19-21-68-22-20-67-18-16-62-37-14-13-34(53)43(55)41(37)42-45(47(62)65)59-38(25-49(4,5)6)50(42,26-56)33-12-11-32(52)23-35(33)54/h7-14,23,36,38,42,45,59H,15-22,24-25H2,1-6H3,(H,57,64)/t36-,38?,42?,45+,50-/m0/s1. The van der Waals surface area contributed by atoms with Crippen molar-refractivity contribution in [3.05, 3.63) is 126 Å². The summed E-state index contributed by atoms with van der Waals surface area (Å²) < 4.78 is 51.6. The van der Waals surface area contributed by atoms with Crippen LogP contribution in [0.4, 0.5) is 14.5 Å². The van der Waals surface area contributed by atoms with Gasteiger partial charge in [-0.05, 0) is 74.6 Å². The molecule has 13 nitrogen and oxygen atoms in total. The number of nitrogens with zero attached hydrogens (tertiary/aromatic N) is 6. The molecule has 19 heteroatoms. The van der Waals surface area contributed by atoms with Crippen LogP contribution < -0.4 is 15.5 Å². The fourth-order valence-corrected chi connectivity index (χ4v) is 11.4. The Hall–Kier alpha value is -4.83. The van der Waals surface area contributed by atoms with Gasteiger partial charge in [-0.25, -0.2) is 8.78 Å². The zero-order valence-corrected chi connectivity index (χ0v) is 42.2. The predicted octanol–water partition coefficient (Wildman–Crippen LogP) is 9.31. The number of fused-ring (bicyclic) bond motifs is 6. The number of ether oxygens (including phenoxy) is 3. The number of rotatable bonds is 17. The van der Waals surface area contributed by atoms with Crippen LogP contribution in [0.15, 0.2) is 59.6 Å². The third-order valence-electron chi connectivity index (χ3n) is 12.9. The van der Waals surface area contributed by atoms with Gasteiger partial charge in [-0.3, -0.25) is 19.1 Å². The number of aliphatic imine (C=N–C) groups is 1. The van der Waals surface area contributed by atoms with Gasteiger partial charge in [-0.15, -0.1) is 21.5 Å². The van der Waals surface area contributed by atoms with Gasteiger partial charge in [-0.1, -0.05) is 73.8 Å². The summed E-state index contributed by atoms with van der Waals surface area (Å²) in [5, 5.41) is 27.7. The van der Waals surface area contributed by atoms with E-state index in [4.69, 9.17) is 54.0 Å². The van der Waals surface area contributed by atoms with Gasteiger partial charge in [0.1, 0.15) is 33.9 Å². The Balaban J connectivity index is 0.815. The Kier molecular flexibility index (Phi) is 15.3. The van der Waals surface area contributed by atoms with E-state index in [1.165, 1.54) is 23.1 Å². The largest absolute Gasteiger partial charge is 0.377 e. The van der Waals surface area contributed by atoms with Crippen LogP contribution in [0.2, 0.25) is 15.1 Å². The summed E-state index contributed by atoms with van der Waals surface area (Å²) >= 11 is 20.4. The Bertz CT molecular complexity index is 2830. The van der Waals surface area contributed by atoms with Crippen LogP contribution in [0.25, 0.3) is 5.00 Å². The molecule has 2 aromatic heterocycles. The van der Waals surface area contributed by atoms with Crippen LogP contribution in [-0.2, 0) is 29.2 Å². The Morgan fingerprint density at radius 2 is 1.62 bits per heavy atom. The molecule has 3 aliphatic rings. The van der Waals surface area contributed by atoms with Gasteiger partial charge in [0.25, 0.3) is 0 Å². The second kappa shape index (κ2) is 20.9. The third kappa shape index (κ3) is 10.1. The van der Waals surface area contributed by atoms with Gasteiger partial charge in [0.15, 0.2) is 5.82 Å². The number of amides is 2. The molecule has 364 valence electrons. The van der Waals surface area contributed by atoms with Crippen molar-refractivity contribution >= 4 is 69.4 Å². The van der Waals surface area contributed by atoms with Gasteiger partial charge in [0.2, 0.25) is 11.8 Å². The fourth-order valence-electron chi connectivity index (χ4n) is 9.70.